The van der Waals surface area contributed by atoms with Gasteiger partial charge in [0.2, 0.25) is 59.1 Å². The first-order chi connectivity index (χ1) is 47.0. The van der Waals surface area contributed by atoms with Crippen molar-refractivity contribution in [3.05, 3.63) is 71.8 Å². The highest BCUT2D eigenvalue weighted by molar-refractivity contribution is 8.17. The van der Waals surface area contributed by atoms with Crippen LogP contribution < -0.4 is 35.8 Å². The zero-order valence-electron chi connectivity index (χ0n) is 54.7. The van der Waals surface area contributed by atoms with Crippen molar-refractivity contribution >= 4 is 168 Å². The van der Waals surface area contributed by atoms with Gasteiger partial charge >= 0.3 is 5.97 Å². The summed E-state index contributed by atoms with van der Waals surface area (Å²) in [5, 5.41) is 11.8. The molecule has 0 aromatic heterocycles. The highest BCUT2D eigenvalue weighted by Gasteiger charge is 2.56. The lowest BCUT2D eigenvalue weighted by Gasteiger charge is -2.36. The number of anilines is 3. The summed E-state index contributed by atoms with van der Waals surface area (Å²) in [6.45, 7) is 5.49. The first-order valence-electron chi connectivity index (χ1n) is 32.9. The van der Waals surface area contributed by atoms with Crippen molar-refractivity contribution in [2.75, 3.05) is 78.0 Å². The topological polar surface area (TPSA) is 328 Å². The molecular weight excluding hydrogens is 1350 g/mol. The lowest BCUT2D eigenvalue weighted by molar-refractivity contribution is -0.157. The summed E-state index contributed by atoms with van der Waals surface area (Å²) in [5.41, 5.74) is 3.00. The van der Waals surface area contributed by atoms with Gasteiger partial charge in [0.05, 0.1) is 59.7 Å². The first kappa shape index (κ1) is 72.9. The molecule has 6 aliphatic rings. The molecule has 0 saturated carbocycles. The Morgan fingerprint density at radius 3 is 1.57 bits per heavy atom. The molecule has 522 valence electrons. The Morgan fingerprint density at radius 2 is 1.01 bits per heavy atom. The van der Waals surface area contributed by atoms with Gasteiger partial charge in [-0.2, -0.15) is 0 Å². The van der Waals surface area contributed by atoms with Gasteiger partial charge in [-0.15, -0.1) is 46.7 Å². The number of ketones is 3. The van der Waals surface area contributed by atoms with E-state index in [1.165, 1.54) is 20.8 Å². The summed E-state index contributed by atoms with van der Waals surface area (Å²) in [7, 11) is 0. The molecule has 29 heteroatoms. The Morgan fingerprint density at radius 1 is 0.510 bits per heavy atom. The van der Waals surface area contributed by atoms with Crippen LogP contribution in [0.3, 0.4) is 0 Å². The van der Waals surface area contributed by atoms with Gasteiger partial charge in [0.1, 0.15) is 17.8 Å². The average Bonchev–Trinajstić information content (AvgIpc) is 1.53. The van der Waals surface area contributed by atoms with E-state index in [0.717, 1.165) is 40.0 Å². The number of alkyl halides is 2. The van der Waals surface area contributed by atoms with Crippen molar-refractivity contribution < 1.29 is 81.3 Å². The number of carbonyl (C=O) groups is 14. The molecule has 4 aromatic carbocycles. The van der Waals surface area contributed by atoms with Crippen LogP contribution in [-0.4, -0.2) is 190 Å². The fraction of sp³-hybridized carbons (Fsp3) is 0.507. The van der Waals surface area contributed by atoms with E-state index in [1.54, 1.807) is 41.0 Å². The third-order valence-electron chi connectivity index (χ3n) is 18.6. The van der Waals surface area contributed by atoms with Crippen LogP contribution in [0.15, 0.2) is 60.7 Å². The number of nitrogens with zero attached hydrogens (tertiary/aromatic N) is 4. The molecule has 10 unspecified atom stereocenters. The fourth-order valence-electron chi connectivity index (χ4n) is 13.4. The summed E-state index contributed by atoms with van der Waals surface area (Å²) in [6, 6.07) is 12.0. The Bertz CT molecular complexity index is 3650. The van der Waals surface area contributed by atoms with E-state index in [2.05, 4.69) is 21.3 Å². The summed E-state index contributed by atoms with van der Waals surface area (Å²) >= 11 is 15.4. The van der Waals surface area contributed by atoms with E-state index in [4.69, 9.17) is 37.4 Å². The zero-order valence-corrected chi connectivity index (χ0v) is 57.8. The van der Waals surface area contributed by atoms with Crippen molar-refractivity contribution in [1.82, 2.24) is 25.8 Å². The second kappa shape index (κ2) is 32.5. The van der Waals surface area contributed by atoms with Gasteiger partial charge in [-0.05, 0) is 54.7 Å². The number of carbonyl (C=O) groups excluding carboxylic acids is 14. The first-order valence-corrected chi connectivity index (χ1v) is 36.1. The lowest BCUT2D eigenvalue weighted by Crippen LogP contribution is -2.64. The molecule has 6 heterocycles. The molecule has 10 atom stereocenters. The molecule has 4 aromatic rings. The van der Waals surface area contributed by atoms with Gasteiger partial charge in [-0.3, -0.25) is 76.9 Å². The van der Waals surface area contributed by atoms with Gasteiger partial charge in [0.25, 0.3) is 0 Å². The van der Waals surface area contributed by atoms with Gasteiger partial charge in [0.15, 0.2) is 17.3 Å². The van der Waals surface area contributed by atoms with E-state index in [1.807, 2.05) is 36.4 Å². The van der Waals surface area contributed by atoms with E-state index < -0.39 is 124 Å². The maximum Gasteiger partial charge on any atom is 0.314 e. The SMILES string of the molecule is CC1CC(=O)C(C)NC(=O)CCOCCCC(=O)C2C(C(=O)NCCOCCC(=O)NC(C)C(=O)CC(C)C(=O)Oc3cc4c(c5ccccc35)C(CCl)CN4C(=O)CCCC(=O)N3CC(CCl)c4c3cc(c3ccccc43)NC1=O)N1C(=O)CC(SCSC3CC(=O)N2C3=O)C1=O. The minimum atomic E-state index is -1.97. The number of thioether (sulfide) groups is 2. The minimum absolute atomic E-state index is 0.0294. The van der Waals surface area contributed by atoms with Crippen molar-refractivity contribution in [1.29, 1.82) is 0 Å². The van der Waals surface area contributed by atoms with Crippen LogP contribution in [-0.2, 0) is 76.6 Å². The van der Waals surface area contributed by atoms with Crippen LogP contribution in [0.2, 0.25) is 0 Å². The monoisotopic (exact) mass is 1420 g/mol. The molecule has 0 spiro atoms. The normalized spacial score (nSPS) is 27.4. The highest BCUT2D eigenvalue weighted by atomic mass is 35.5. The van der Waals surface area contributed by atoms with Gasteiger partial charge in [0, 0.05) is 141 Å². The van der Waals surface area contributed by atoms with Gasteiger partial charge < -0.3 is 45.3 Å². The molecule has 0 radical (unpaired) electrons. The number of Topliss-reactive ketones (excluding diaryl/α,β-unsaturated/α-hetero) is 3. The van der Waals surface area contributed by atoms with E-state index in [0.29, 0.717) is 43.0 Å². The number of benzene rings is 4. The quantitative estimate of drug-likeness (QED) is 0.0777. The highest BCUT2D eigenvalue weighted by Crippen LogP contribution is 2.48. The second-order valence-corrected chi connectivity index (χ2v) is 28.8. The van der Waals surface area contributed by atoms with Crippen LogP contribution >= 0.6 is 46.7 Å². The zero-order chi connectivity index (χ0) is 70.2. The van der Waals surface area contributed by atoms with Crippen molar-refractivity contribution in [2.45, 2.75) is 145 Å². The van der Waals surface area contributed by atoms with E-state index in [9.17, 15) is 67.1 Å². The predicted molar refractivity (Wildman–Crippen MR) is 367 cm³/mol. The number of halogens is 2. The number of ether oxygens (including phenoxy) is 3. The Balaban J connectivity index is 0.865. The molecule has 3 fully saturated rings. The van der Waals surface area contributed by atoms with E-state index in [-0.39, 0.29) is 157 Å². The van der Waals surface area contributed by atoms with Crippen LogP contribution in [0.4, 0.5) is 17.1 Å². The number of fused-ring (bicyclic) bond motifs is 15. The average molecular weight is 1430 g/mol. The third-order valence-corrected chi connectivity index (χ3v) is 22.0. The Kier molecular flexibility index (Phi) is 24.1. The maximum absolute atomic E-state index is 14.5. The fourth-order valence-corrected chi connectivity index (χ4v) is 16.5. The molecule has 4 N–H and O–H groups in total. The molecule has 3 saturated heterocycles. The molecule has 6 aliphatic heterocycles. The second-order valence-electron chi connectivity index (χ2n) is 25.5. The molecular formula is C69H78Cl2N8O17S2. The number of hydrogen-bond acceptors (Lipinski definition) is 19. The summed E-state index contributed by atoms with van der Waals surface area (Å²) < 4.78 is 17.4. The van der Waals surface area contributed by atoms with Gasteiger partial charge in [-0.25, -0.2) is 0 Å². The van der Waals surface area contributed by atoms with Crippen molar-refractivity contribution in [3.8, 4) is 5.75 Å². The van der Waals surface area contributed by atoms with Gasteiger partial charge in [-0.1, -0.05) is 62.4 Å². The summed E-state index contributed by atoms with van der Waals surface area (Å²) in [6.07, 6.45) is -1.98. The number of esters is 1. The molecule has 98 heavy (non-hydrogen) atoms. The maximum atomic E-state index is 14.5. The third kappa shape index (κ3) is 16.1. The smallest absolute Gasteiger partial charge is 0.314 e. The Labute approximate surface area is 583 Å². The van der Waals surface area contributed by atoms with Crippen LogP contribution in [0.25, 0.3) is 21.5 Å². The minimum Gasteiger partial charge on any atom is -0.426 e. The summed E-state index contributed by atoms with van der Waals surface area (Å²) in [4.78, 5) is 199. The van der Waals surface area contributed by atoms with Crippen molar-refractivity contribution in [3.63, 3.8) is 0 Å². The standard InChI is InChI=1S/C69H78Cl2N8O17S2/c1-36-25-50(81)38(3)73-55(83)18-22-94-21-10-15-49(80)63-64(79-60(88)30-54(68(79)92)98-35-97-53-29-59(87)78(63)67(53)91)66(90)72-20-24-95-23-19-56(84)74-39(4)51(82)26-37(2)69(93)96-52-28-48-62(45-14-8-6-12-43(45)52)41(32-71)34-77(48)58(86)17-9-16-57(85)76-33-40(31-70)61-44-13-7-5-11-42(44)46(27-47(61)76)75-65(36)89/h5-8,11-14,27-28,36-41,53-54,63-64H,9-10,15-26,29-35H2,1-4H3,(H,72,90)(H,73,83)(H,74,84)(H,75,89). The lowest BCUT2D eigenvalue weighted by atomic mass is 9.94. The predicted octanol–water partition coefficient (Wildman–Crippen LogP) is 5.97. The van der Waals surface area contributed by atoms with Crippen molar-refractivity contribution in [2.24, 2.45) is 11.8 Å². The van der Waals surface area contributed by atoms with Crippen LogP contribution in [0, 0.1) is 11.8 Å². The van der Waals surface area contributed by atoms with E-state index >= 15 is 0 Å². The number of imide groups is 2. The largest absolute Gasteiger partial charge is 0.426 e. The van der Waals surface area contributed by atoms with Crippen LogP contribution in [0.1, 0.15) is 121 Å². The number of hydrogen-bond donors (Lipinski definition) is 4. The molecule has 25 nitrogen and oxygen atoms in total. The molecule has 10 rings (SSSR count). The molecule has 8 bridgehead atoms. The van der Waals surface area contributed by atoms with Crippen LogP contribution in [0.5, 0.6) is 5.75 Å². The molecule has 0 aliphatic carbocycles. The molecule has 10 amide bonds. The Hall–Kier alpha value is -7.82. The number of amides is 10. The number of nitrogens with one attached hydrogen (secondary N) is 4. The number of rotatable bonds is 2. The summed E-state index contributed by atoms with van der Waals surface area (Å²) in [5.74, 6) is -10.8.